The first-order valence-electron chi connectivity index (χ1n) is 5.80. The maximum Gasteiger partial charge on any atom is 0.401 e. The van der Waals surface area contributed by atoms with E-state index in [0.717, 1.165) is 4.90 Å². The van der Waals surface area contributed by atoms with E-state index < -0.39 is 30.8 Å². The van der Waals surface area contributed by atoms with E-state index in [1.165, 1.54) is 0 Å². The number of hydrogen-bond donors (Lipinski definition) is 2. The molecule has 0 aromatic carbocycles. The molecule has 0 aliphatic rings. The van der Waals surface area contributed by atoms with E-state index in [2.05, 4.69) is 5.32 Å². The molecule has 1 amide bonds. The van der Waals surface area contributed by atoms with Gasteiger partial charge in [-0.15, -0.1) is 0 Å². The van der Waals surface area contributed by atoms with Crippen molar-refractivity contribution in [3.8, 4) is 0 Å². The first-order valence-corrected chi connectivity index (χ1v) is 5.80. The Bertz CT molecular complexity index is 268. The number of carbonyl (C=O) groups excluding carboxylic acids is 1. The zero-order valence-corrected chi connectivity index (χ0v) is 11.0. The molecular formula is C11H21F3N2O2. The van der Waals surface area contributed by atoms with Crippen LogP contribution in [0, 0.1) is 0 Å². The molecule has 0 saturated heterocycles. The first kappa shape index (κ1) is 17.2. The predicted molar refractivity (Wildman–Crippen MR) is 62.1 cm³/mol. The Labute approximate surface area is 105 Å². The van der Waals surface area contributed by atoms with Crippen LogP contribution < -0.4 is 5.32 Å². The predicted octanol–water partition coefficient (Wildman–Crippen LogP) is 1.15. The quantitative estimate of drug-likeness (QED) is 0.729. The van der Waals surface area contributed by atoms with Crippen molar-refractivity contribution in [2.24, 2.45) is 0 Å². The van der Waals surface area contributed by atoms with E-state index in [9.17, 15) is 18.0 Å². The number of amides is 1. The highest BCUT2D eigenvalue weighted by atomic mass is 19.4. The molecule has 2 N–H and O–H groups in total. The third-order valence-corrected chi connectivity index (χ3v) is 2.55. The fourth-order valence-corrected chi connectivity index (χ4v) is 1.32. The van der Waals surface area contributed by atoms with Crippen LogP contribution in [0.4, 0.5) is 13.2 Å². The standard InChI is InChI=1S/C11H21F3N2O2/c1-4-10(2,3)15-9(18)7-16(5-6-17)8-11(12,13)14/h17H,4-8H2,1-3H3,(H,15,18). The van der Waals surface area contributed by atoms with E-state index in [1.54, 1.807) is 13.8 Å². The summed E-state index contributed by atoms with van der Waals surface area (Å²) in [4.78, 5) is 12.5. The average molecular weight is 270 g/mol. The molecule has 4 nitrogen and oxygen atoms in total. The highest BCUT2D eigenvalue weighted by molar-refractivity contribution is 5.78. The van der Waals surface area contributed by atoms with Crippen LogP contribution >= 0.6 is 0 Å². The molecule has 0 atom stereocenters. The minimum atomic E-state index is -4.38. The van der Waals surface area contributed by atoms with Gasteiger partial charge in [0.05, 0.1) is 19.7 Å². The van der Waals surface area contributed by atoms with Crippen molar-refractivity contribution in [2.45, 2.75) is 38.9 Å². The van der Waals surface area contributed by atoms with Crippen LogP contribution in [-0.4, -0.2) is 53.9 Å². The van der Waals surface area contributed by atoms with Gasteiger partial charge >= 0.3 is 6.18 Å². The third-order valence-electron chi connectivity index (χ3n) is 2.55. The van der Waals surface area contributed by atoms with Crippen molar-refractivity contribution < 1.29 is 23.1 Å². The second-order valence-corrected chi connectivity index (χ2v) is 4.84. The largest absolute Gasteiger partial charge is 0.401 e. The van der Waals surface area contributed by atoms with E-state index >= 15 is 0 Å². The zero-order chi connectivity index (χ0) is 14.4. The van der Waals surface area contributed by atoms with Gasteiger partial charge in [-0.2, -0.15) is 13.2 Å². The number of hydrogen-bond acceptors (Lipinski definition) is 3. The van der Waals surface area contributed by atoms with Crippen LogP contribution in [0.15, 0.2) is 0 Å². The fourth-order valence-electron chi connectivity index (χ4n) is 1.32. The molecule has 0 rings (SSSR count). The number of nitrogens with zero attached hydrogens (tertiary/aromatic N) is 1. The third kappa shape index (κ3) is 8.30. The minimum Gasteiger partial charge on any atom is -0.395 e. The first-order chi connectivity index (χ1) is 8.09. The van der Waals surface area contributed by atoms with E-state index in [4.69, 9.17) is 5.11 Å². The molecule has 108 valence electrons. The number of alkyl halides is 3. The summed E-state index contributed by atoms with van der Waals surface area (Å²) in [7, 11) is 0. The number of aliphatic hydroxyl groups is 1. The Morgan fingerprint density at radius 2 is 1.89 bits per heavy atom. The molecule has 18 heavy (non-hydrogen) atoms. The molecule has 0 heterocycles. The second kappa shape index (κ2) is 6.94. The monoisotopic (exact) mass is 270 g/mol. The Balaban J connectivity index is 4.37. The van der Waals surface area contributed by atoms with Crippen molar-refractivity contribution in [3.05, 3.63) is 0 Å². The van der Waals surface area contributed by atoms with Crippen LogP contribution in [0.2, 0.25) is 0 Å². The summed E-state index contributed by atoms with van der Waals surface area (Å²) >= 11 is 0. The van der Waals surface area contributed by atoms with Crippen molar-refractivity contribution in [2.75, 3.05) is 26.2 Å². The average Bonchev–Trinajstić information content (AvgIpc) is 2.14. The van der Waals surface area contributed by atoms with E-state index in [0.29, 0.717) is 6.42 Å². The Kier molecular flexibility index (Phi) is 6.62. The molecule has 7 heteroatoms. The Morgan fingerprint density at radius 3 is 2.28 bits per heavy atom. The van der Waals surface area contributed by atoms with Crippen molar-refractivity contribution in [1.82, 2.24) is 10.2 Å². The summed E-state index contributed by atoms with van der Waals surface area (Å²) in [6.45, 7) is 3.30. The molecule has 0 aromatic heterocycles. The van der Waals surface area contributed by atoms with Gasteiger partial charge in [-0.3, -0.25) is 9.69 Å². The number of rotatable bonds is 7. The van der Waals surface area contributed by atoms with Gasteiger partial charge in [-0.1, -0.05) is 6.92 Å². The minimum absolute atomic E-state index is 0.181. The van der Waals surface area contributed by atoms with Gasteiger partial charge in [0, 0.05) is 12.1 Å². The van der Waals surface area contributed by atoms with Gasteiger partial charge < -0.3 is 10.4 Å². The zero-order valence-electron chi connectivity index (χ0n) is 11.0. The summed E-state index contributed by atoms with van der Waals surface area (Å²) in [5.74, 6) is -0.473. The lowest BCUT2D eigenvalue weighted by molar-refractivity contribution is -0.149. The fraction of sp³-hybridized carbons (Fsp3) is 0.909. The van der Waals surface area contributed by atoms with Gasteiger partial charge in [0.2, 0.25) is 5.91 Å². The summed E-state index contributed by atoms with van der Waals surface area (Å²) in [6.07, 6.45) is -3.70. The number of nitrogens with one attached hydrogen (secondary N) is 1. The molecule has 0 radical (unpaired) electrons. The molecule has 0 spiro atoms. The van der Waals surface area contributed by atoms with Crippen LogP contribution in [0.25, 0.3) is 0 Å². The highest BCUT2D eigenvalue weighted by Crippen LogP contribution is 2.16. The van der Waals surface area contributed by atoms with E-state index in [-0.39, 0.29) is 13.1 Å². The van der Waals surface area contributed by atoms with Gasteiger partial charge in [0.15, 0.2) is 0 Å². The number of aliphatic hydroxyl groups excluding tert-OH is 1. The maximum atomic E-state index is 12.2. The smallest absolute Gasteiger partial charge is 0.395 e. The lowest BCUT2D eigenvalue weighted by Crippen LogP contribution is -2.49. The molecule has 0 aliphatic heterocycles. The van der Waals surface area contributed by atoms with Gasteiger partial charge in [0.1, 0.15) is 0 Å². The topological polar surface area (TPSA) is 52.6 Å². The van der Waals surface area contributed by atoms with Gasteiger partial charge in [0.25, 0.3) is 0 Å². The van der Waals surface area contributed by atoms with Crippen LogP contribution in [-0.2, 0) is 4.79 Å². The van der Waals surface area contributed by atoms with E-state index in [1.807, 2.05) is 6.92 Å². The molecule has 0 aromatic rings. The summed E-state index contributed by atoms with van der Waals surface area (Å²) < 4.78 is 36.7. The normalized spacial score (nSPS) is 12.9. The second-order valence-electron chi connectivity index (χ2n) is 4.84. The van der Waals surface area contributed by atoms with Crippen LogP contribution in [0.3, 0.4) is 0 Å². The Hall–Kier alpha value is -0.820. The SMILES string of the molecule is CCC(C)(C)NC(=O)CN(CCO)CC(F)(F)F. The van der Waals surface area contributed by atoms with Crippen molar-refractivity contribution in [3.63, 3.8) is 0 Å². The molecule has 0 fully saturated rings. The number of carbonyl (C=O) groups is 1. The lowest BCUT2D eigenvalue weighted by atomic mass is 10.0. The molecule has 0 aliphatic carbocycles. The van der Waals surface area contributed by atoms with Crippen LogP contribution in [0.5, 0.6) is 0 Å². The molecule has 0 unspecified atom stereocenters. The van der Waals surface area contributed by atoms with Crippen LogP contribution in [0.1, 0.15) is 27.2 Å². The van der Waals surface area contributed by atoms with Crippen molar-refractivity contribution >= 4 is 5.91 Å². The summed E-state index contributed by atoms with van der Waals surface area (Å²) in [6, 6.07) is 0. The Morgan fingerprint density at radius 1 is 1.33 bits per heavy atom. The summed E-state index contributed by atoms with van der Waals surface area (Å²) in [5, 5.41) is 11.3. The lowest BCUT2D eigenvalue weighted by Gasteiger charge is -2.27. The highest BCUT2D eigenvalue weighted by Gasteiger charge is 2.31. The van der Waals surface area contributed by atoms with Gasteiger partial charge in [-0.05, 0) is 20.3 Å². The molecular weight excluding hydrogens is 249 g/mol. The van der Waals surface area contributed by atoms with Gasteiger partial charge in [-0.25, -0.2) is 0 Å². The molecule has 0 bridgehead atoms. The number of halogens is 3. The van der Waals surface area contributed by atoms with Crippen molar-refractivity contribution in [1.29, 1.82) is 0 Å². The maximum absolute atomic E-state index is 12.2. The molecule has 0 saturated carbocycles. The summed E-state index contributed by atoms with van der Waals surface area (Å²) in [5.41, 5.74) is -0.444.